The van der Waals surface area contributed by atoms with Crippen LogP contribution in [0.25, 0.3) is 0 Å². The molecule has 0 saturated carbocycles. The molecule has 7 heteroatoms. The lowest BCUT2D eigenvalue weighted by Gasteiger charge is -2.07. The van der Waals surface area contributed by atoms with Gasteiger partial charge in [0, 0.05) is 18.3 Å². The van der Waals surface area contributed by atoms with Crippen LogP contribution in [0.4, 0.5) is 0 Å². The number of hydrogen-bond acceptors (Lipinski definition) is 4. The monoisotopic (exact) mass is 263 g/mol. The minimum Gasteiger partial charge on any atom is -0.294 e. The van der Waals surface area contributed by atoms with E-state index in [1.165, 1.54) is 4.57 Å². The van der Waals surface area contributed by atoms with Crippen LogP contribution in [0.3, 0.4) is 0 Å². The van der Waals surface area contributed by atoms with Gasteiger partial charge in [0.05, 0.1) is 12.7 Å². The molecule has 0 aromatic carbocycles. The van der Waals surface area contributed by atoms with Crippen LogP contribution in [0.2, 0.25) is 0 Å². The van der Waals surface area contributed by atoms with Crippen molar-refractivity contribution in [2.24, 2.45) is 0 Å². The minimum absolute atomic E-state index is 0.0573. The minimum atomic E-state index is -0.430. The average Bonchev–Trinajstić information content (AvgIpc) is 2.80. The third-order valence-electron chi connectivity index (χ3n) is 2.90. The second-order valence-electron chi connectivity index (χ2n) is 4.69. The van der Waals surface area contributed by atoms with E-state index in [2.05, 4.69) is 15.3 Å². The van der Waals surface area contributed by atoms with Crippen LogP contribution < -0.4 is 11.2 Å². The van der Waals surface area contributed by atoms with E-state index in [4.69, 9.17) is 0 Å². The maximum Gasteiger partial charge on any atom is 0.328 e. The van der Waals surface area contributed by atoms with Crippen LogP contribution in [0.15, 0.2) is 22.0 Å². The van der Waals surface area contributed by atoms with Crippen molar-refractivity contribution < 1.29 is 0 Å². The molecule has 2 heterocycles. The first-order valence-electron chi connectivity index (χ1n) is 6.24. The molecule has 0 radical (unpaired) electrons. The third-order valence-corrected chi connectivity index (χ3v) is 2.90. The Kier molecular flexibility index (Phi) is 3.64. The molecule has 102 valence electrons. The largest absolute Gasteiger partial charge is 0.328 e. The Balaban J connectivity index is 2.37. The summed E-state index contributed by atoms with van der Waals surface area (Å²) >= 11 is 0. The Morgan fingerprint density at radius 1 is 1.32 bits per heavy atom. The summed E-state index contributed by atoms with van der Waals surface area (Å²) in [5, 5.41) is 7.90. The molecule has 0 atom stereocenters. The first kappa shape index (κ1) is 13.3. The summed E-state index contributed by atoms with van der Waals surface area (Å²) < 4.78 is 3.14. The highest BCUT2D eigenvalue weighted by molar-refractivity contribution is 5.10. The number of aromatic nitrogens is 5. The smallest absolute Gasteiger partial charge is 0.294 e. The van der Waals surface area contributed by atoms with Gasteiger partial charge in [-0.3, -0.25) is 19.0 Å². The van der Waals surface area contributed by atoms with Gasteiger partial charge in [0.25, 0.3) is 5.56 Å². The van der Waals surface area contributed by atoms with Crippen molar-refractivity contribution in [3.05, 3.63) is 44.5 Å². The highest BCUT2D eigenvalue weighted by Crippen LogP contribution is 2.07. The number of aromatic amines is 1. The zero-order valence-electron chi connectivity index (χ0n) is 11.3. The SMILES string of the molecule is CCn1cc(Cn2cc(C(C)C)c(=O)[nH]c2=O)nn1. The fourth-order valence-corrected chi connectivity index (χ4v) is 1.79. The van der Waals surface area contributed by atoms with E-state index in [0.29, 0.717) is 17.8 Å². The Hall–Kier alpha value is -2.18. The molecule has 7 nitrogen and oxygen atoms in total. The first-order chi connectivity index (χ1) is 9.01. The third kappa shape index (κ3) is 2.81. The lowest BCUT2D eigenvalue weighted by atomic mass is 10.1. The van der Waals surface area contributed by atoms with Crippen LogP contribution in [-0.4, -0.2) is 24.5 Å². The molecule has 0 saturated heterocycles. The van der Waals surface area contributed by atoms with Crippen LogP contribution in [0.5, 0.6) is 0 Å². The predicted octanol–water partition coefficient (Wildman–Crippen LogP) is 0.320. The van der Waals surface area contributed by atoms with Crippen molar-refractivity contribution in [2.45, 2.75) is 39.8 Å². The van der Waals surface area contributed by atoms with Crippen LogP contribution >= 0.6 is 0 Å². The molecule has 2 aromatic rings. The number of aryl methyl sites for hydroxylation is 1. The summed E-state index contributed by atoms with van der Waals surface area (Å²) in [5.74, 6) is 0.0573. The second kappa shape index (κ2) is 5.21. The van der Waals surface area contributed by atoms with E-state index in [0.717, 1.165) is 6.54 Å². The molecule has 19 heavy (non-hydrogen) atoms. The molecular formula is C12H17N5O2. The quantitative estimate of drug-likeness (QED) is 0.860. The summed E-state index contributed by atoms with van der Waals surface area (Å²) in [7, 11) is 0. The molecule has 0 aliphatic heterocycles. The standard InChI is InChI=1S/C12H17N5O2/c1-4-17-6-9(14-15-17)5-16-7-10(8(2)3)11(18)13-12(16)19/h6-8H,4-5H2,1-3H3,(H,13,18,19). The zero-order valence-corrected chi connectivity index (χ0v) is 11.3. The van der Waals surface area contributed by atoms with Gasteiger partial charge in [-0.05, 0) is 12.8 Å². The molecule has 0 aliphatic rings. The molecule has 1 N–H and O–H groups in total. The summed E-state index contributed by atoms with van der Waals surface area (Å²) in [6.07, 6.45) is 3.38. The highest BCUT2D eigenvalue weighted by Gasteiger charge is 2.09. The number of hydrogen-bond donors (Lipinski definition) is 1. The fourth-order valence-electron chi connectivity index (χ4n) is 1.79. The molecule has 2 rings (SSSR count). The number of rotatable bonds is 4. The molecular weight excluding hydrogens is 246 g/mol. The van der Waals surface area contributed by atoms with Gasteiger partial charge in [-0.2, -0.15) is 0 Å². The molecule has 0 bridgehead atoms. The van der Waals surface area contributed by atoms with Gasteiger partial charge in [0.1, 0.15) is 5.69 Å². The van der Waals surface area contributed by atoms with E-state index in [9.17, 15) is 9.59 Å². The Morgan fingerprint density at radius 2 is 2.05 bits per heavy atom. The lowest BCUT2D eigenvalue weighted by Crippen LogP contribution is -2.32. The normalized spacial score (nSPS) is 11.2. The fraction of sp³-hybridized carbons (Fsp3) is 0.500. The topological polar surface area (TPSA) is 85.6 Å². The average molecular weight is 263 g/mol. The Bertz CT molecular complexity index is 680. The van der Waals surface area contributed by atoms with Gasteiger partial charge in [0.2, 0.25) is 0 Å². The Morgan fingerprint density at radius 3 is 2.63 bits per heavy atom. The lowest BCUT2D eigenvalue weighted by molar-refractivity contribution is 0.625. The van der Waals surface area contributed by atoms with E-state index < -0.39 is 5.69 Å². The van der Waals surface area contributed by atoms with Gasteiger partial charge in [0.15, 0.2) is 0 Å². The van der Waals surface area contributed by atoms with E-state index in [1.807, 2.05) is 20.8 Å². The van der Waals surface area contributed by atoms with Crippen molar-refractivity contribution in [2.75, 3.05) is 0 Å². The molecule has 0 amide bonds. The van der Waals surface area contributed by atoms with E-state index >= 15 is 0 Å². The van der Waals surface area contributed by atoms with E-state index in [1.54, 1.807) is 17.1 Å². The first-order valence-corrected chi connectivity index (χ1v) is 6.24. The van der Waals surface area contributed by atoms with Gasteiger partial charge in [-0.1, -0.05) is 19.1 Å². The summed E-state index contributed by atoms with van der Waals surface area (Å²) in [6.45, 7) is 6.81. The summed E-state index contributed by atoms with van der Waals surface area (Å²) in [5.41, 5.74) is 0.516. The number of nitrogens with zero attached hydrogens (tertiary/aromatic N) is 4. The van der Waals surface area contributed by atoms with Crippen LogP contribution in [0, 0.1) is 0 Å². The molecule has 0 spiro atoms. The number of H-pyrrole nitrogens is 1. The molecule has 0 unspecified atom stereocenters. The predicted molar refractivity (Wildman–Crippen MR) is 70.2 cm³/mol. The molecule has 0 fully saturated rings. The maximum atomic E-state index is 11.7. The Labute approximate surface area is 109 Å². The van der Waals surface area contributed by atoms with Crippen molar-refractivity contribution >= 4 is 0 Å². The molecule has 2 aromatic heterocycles. The van der Waals surface area contributed by atoms with Gasteiger partial charge in [-0.15, -0.1) is 5.10 Å². The van der Waals surface area contributed by atoms with Gasteiger partial charge < -0.3 is 0 Å². The van der Waals surface area contributed by atoms with Crippen LogP contribution in [0.1, 0.15) is 37.9 Å². The van der Waals surface area contributed by atoms with Gasteiger partial charge >= 0.3 is 5.69 Å². The number of nitrogens with one attached hydrogen (secondary N) is 1. The van der Waals surface area contributed by atoms with Gasteiger partial charge in [-0.25, -0.2) is 4.79 Å². The van der Waals surface area contributed by atoms with Crippen molar-refractivity contribution in [3.63, 3.8) is 0 Å². The highest BCUT2D eigenvalue weighted by atomic mass is 16.2. The van der Waals surface area contributed by atoms with Crippen molar-refractivity contribution in [3.8, 4) is 0 Å². The van der Waals surface area contributed by atoms with E-state index in [-0.39, 0.29) is 11.5 Å². The van der Waals surface area contributed by atoms with Crippen molar-refractivity contribution in [1.82, 2.24) is 24.5 Å². The second-order valence-corrected chi connectivity index (χ2v) is 4.69. The van der Waals surface area contributed by atoms with Crippen molar-refractivity contribution in [1.29, 1.82) is 0 Å². The van der Waals surface area contributed by atoms with Crippen LogP contribution in [-0.2, 0) is 13.1 Å². The zero-order chi connectivity index (χ0) is 14.0. The molecule has 0 aliphatic carbocycles. The summed E-state index contributed by atoms with van der Waals surface area (Å²) in [6, 6.07) is 0. The maximum absolute atomic E-state index is 11.7. The summed E-state index contributed by atoms with van der Waals surface area (Å²) in [4.78, 5) is 25.7.